The zero-order valence-electron chi connectivity index (χ0n) is 13.3. The second-order valence-electron chi connectivity index (χ2n) is 5.26. The summed E-state index contributed by atoms with van der Waals surface area (Å²) in [5.41, 5.74) is 4.07. The fraction of sp³-hybridized carbons (Fsp3) is 0.471. The van der Waals surface area contributed by atoms with Crippen LogP contribution in [0.1, 0.15) is 42.5 Å². The minimum Gasteiger partial charge on any atom is -0.496 e. The van der Waals surface area contributed by atoms with Gasteiger partial charge in [0.1, 0.15) is 5.75 Å². The van der Waals surface area contributed by atoms with Gasteiger partial charge in [-0.25, -0.2) is 0 Å². The average molecular weight is 288 g/mol. The zero-order valence-corrected chi connectivity index (χ0v) is 13.3. The Kier molecular flexibility index (Phi) is 5.02. The number of aromatic nitrogens is 2. The van der Waals surface area contributed by atoms with Crippen LogP contribution < -0.4 is 4.74 Å². The summed E-state index contributed by atoms with van der Waals surface area (Å²) in [7, 11) is 1.64. The Bertz CT molecular complexity index is 605. The first-order valence-corrected chi connectivity index (χ1v) is 7.47. The van der Waals surface area contributed by atoms with Crippen molar-refractivity contribution in [3.8, 4) is 5.75 Å². The highest BCUT2D eigenvalue weighted by Crippen LogP contribution is 2.28. The zero-order chi connectivity index (χ0) is 15.4. The smallest absolute Gasteiger partial charge is 0.124 e. The summed E-state index contributed by atoms with van der Waals surface area (Å²) in [5, 5.41) is 15.1. The summed E-state index contributed by atoms with van der Waals surface area (Å²) in [6.45, 7) is 6.98. The van der Waals surface area contributed by atoms with Crippen molar-refractivity contribution in [1.29, 1.82) is 0 Å². The minimum atomic E-state index is -0.591. The van der Waals surface area contributed by atoms with Crippen molar-refractivity contribution in [2.45, 2.75) is 46.3 Å². The molecule has 0 aliphatic rings. The van der Waals surface area contributed by atoms with Crippen LogP contribution in [0.5, 0.6) is 5.75 Å². The van der Waals surface area contributed by atoms with Gasteiger partial charge in [-0.3, -0.25) is 4.68 Å². The van der Waals surface area contributed by atoms with Crippen LogP contribution in [0, 0.1) is 6.92 Å². The van der Waals surface area contributed by atoms with Gasteiger partial charge in [-0.2, -0.15) is 5.10 Å². The first kappa shape index (κ1) is 15.6. The molecule has 114 valence electrons. The Morgan fingerprint density at radius 2 is 2.05 bits per heavy atom. The molecule has 0 aliphatic heterocycles. The lowest BCUT2D eigenvalue weighted by Gasteiger charge is -2.16. The molecule has 0 saturated heterocycles. The highest BCUT2D eigenvalue weighted by Gasteiger charge is 2.17. The van der Waals surface area contributed by atoms with Crippen molar-refractivity contribution in [3.63, 3.8) is 0 Å². The van der Waals surface area contributed by atoms with Crippen LogP contribution in [0.4, 0.5) is 0 Å². The molecule has 4 nitrogen and oxygen atoms in total. The van der Waals surface area contributed by atoms with E-state index in [-0.39, 0.29) is 0 Å². The van der Waals surface area contributed by atoms with Crippen LogP contribution in [0.2, 0.25) is 0 Å². The van der Waals surface area contributed by atoms with E-state index >= 15 is 0 Å². The Morgan fingerprint density at radius 3 is 2.67 bits per heavy atom. The molecule has 1 N–H and O–H groups in total. The number of aliphatic hydroxyl groups excluding tert-OH is 1. The minimum absolute atomic E-state index is 0.542. The van der Waals surface area contributed by atoms with Crippen LogP contribution in [-0.2, 0) is 19.4 Å². The topological polar surface area (TPSA) is 47.3 Å². The van der Waals surface area contributed by atoms with E-state index in [9.17, 15) is 5.11 Å². The molecule has 0 aliphatic carbocycles. The molecule has 0 amide bonds. The number of aliphatic hydroxyl groups is 1. The summed E-state index contributed by atoms with van der Waals surface area (Å²) < 4.78 is 7.35. The van der Waals surface area contributed by atoms with Gasteiger partial charge in [0.05, 0.1) is 18.9 Å². The Labute approximate surface area is 126 Å². The highest BCUT2D eigenvalue weighted by molar-refractivity contribution is 5.39. The largest absolute Gasteiger partial charge is 0.496 e. The van der Waals surface area contributed by atoms with Crippen LogP contribution in [0.25, 0.3) is 0 Å². The lowest BCUT2D eigenvalue weighted by atomic mass is 10.0. The van der Waals surface area contributed by atoms with Crippen LogP contribution in [0.15, 0.2) is 24.3 Å². The second kappa shape index (κ2) is 6.76. The number of hydrogen-bond donors (Lipinski definition) is 1. The third-order valence-electron chi connectivity index (χ3n) is 3.73. The van der Waals surface area contributed by atoms with Crippen molar-refractivity contribution in [2.24, 2.45) is 0 Å². The normalized spacial score (nSPS) is 12.4. The third-order valence-corrected chi connectivity index (χ3v) is 3.73. The van der Waals surface area contributed by atoms with Gasteiger partial charge in [0.2, 0.25) is 0 Å². The monoisotopic (exact) mass is 288 g/mol. The molecule has 21 heavy (non-hydrogen) atoms. The fourth-order valence-corrected chi connectivity index (χ4v) is 2.53. The fourth-order valence-electron chi connectivity index (χ4n) is 2.53. The van der Waals surface area contributed by atoms with Crippen molar-refractivity contribution in [2.75, 3.05) is 7.11 Å². The third kappa shape index (κ3) is 3.45. The van der Waals surface area contributed by atoms with Gasteiger partial charge in [-0.1, -0.05) is 19.1 Å². The Balaban J connectivity index is 2.25. The molecule has 0 fully saturated rings. The van der Waals surface area contributed by atoms with E-state index in [1.54, 1.807) is 7.11 Å². The number of rotatable bonds is 6. The molecule has 0 radical (unpaired) electrons. The molecular formula is C17H24N2O2. The SMILES string of the molecule is CCc1cc(CC(O)c2ccc(C)cc2OC)n(CC)n1. The molecule has 2 aromatic rings. The molecule has 0 spiro atoms. The summed E-state index contributed by atoms with van der Waals surface area (Å²) in [6.07, 6.45) is 0.858. The average Bonchev–Trinajstić information content (AvgIpc) is 2.89. The van der Waals surface area contributed by atoms with Gasteiger partial charge in [0, 0.05) is 24.2 Å². The van der Waals surface area contributed by atoms with Crippen LogP contribution in [0.3, 0.4) is 0 Å². The molecule has 1 unspecified atom stereocenters. The van der Waals surface area contributed by atoms with E-state index in [1.165, 1.54) is 0 Å². The molecule has 2 rings (SSSR count). The second-order valence-corrected chi connectivity index (χ2v) is 5.26. The van der Waals surface area contributed by atoms with E-state index < -0.39 is 6.10 Å². The first-order valence-electron chi connectivity index (χ1n) is 7.47. The maximum Gasteiger partial charge on any atom is 0.124 e. The predicted octanol–water partition coefficient (Wildman–Crippen LogP) is 3.06. The van der Waals surface area contributed by atoms with Gasteiger partial charge < -0.3 is 9.84 Å². The summed E-state index contributed by atoms with van der Waals surface area (Å²) >= 11 is 0. The molecule has 1 aromatic heterocycles. The summed E-state index contributed by atoms with van der Waals surface area (Å²) in [5.74, 6) is 0.737. The van der Waals surface area contributed by atoms with Gasteiger partial charge in [0.25, 0.3) is 0 Å². The predicted molar refractivity (Wildman–Crippen MR) is 83.7 cm³/mol. The van der Waals surface area contributed by atoms with E-state index in [0.717, 1.165) is 41.2 Å². The highest BCUT2D eigenvalue weighted by atomic mass is 16.5. The van der Waals surface area contributed by atoms with Gasteiger partial charge >= 0.3 is 0 Å². The van der Waals surface area contributed by atoms with Crippen LogP contribution >= 0.6 is 0 Å². The van der Waals surface area contributed by atoms with E-state index in [0.29, 0.717) is 6.42 Å². The molecule has 0 bridgehead atoms. The maximum absolute atomic E-state index is 10.6. The molecule has 1 atom stereocenters. The lowest BCUT2D eigenvalue weighted by molar-refractivity contribution is 0.171. The Morgan fingerprint density at radius 1 is 1.29 bits per heavy atom. The number of nitrogens with zero attached hydrogens (tertiary/aromatic N) is 2. The van der Waals surface area contributed by atoms with Crippen molar-refractivity contribution >= 4 is 0 Å². The standard InChI is InChI=1S/C17H24N2O2/c1-5-13-10-14(19(6-2)18-13)11-16(20)15-8-7-12(3)9-17(15)21-4/h7-10,16,20H,5-6,11H2,1-4H3. The molecule has 1 aromatic carbocycles. The first-order chi connectivity index (χ1) is 10.1. The number of ether oxygens (including phenoxy) is 1. The number of aryl methyl sites for hydroxylation is 3. The number of benzene rings is 1. The van der Waals surface area contributed by atoms with E-state index in [2.05, 4.69) is 25.0 Å². The van der Waals surface area contributed by atoms with Gasteiger partial charge in [-0.15, -0.1) is 0 Å². The molecular weight excluding hydrogens is 264 g/mol. The van der Waals surface area contributed by atoms with Gasteiger partial charge in [0.15, 0.2) is 0 Å². The molecule has 0 saturated carbocycles. The van der Waals surface area contributed by atoms with Crippen molar-refractivity contribution < 1.29 is 9.84 Å². The van der Waals surface area contributed by atoms with Crippen LogP contribution in [-0.4, -0.2) is 22.0 Å². The molecule has 1 heterocycles. The maximum atomic E-state index is 10.6. The summed E-state index contributed by atoms with van der Waals surface area (Å²) in [6, 6.07) is 7.96. The van der Waals surface area contributed by atoms with Crippen molar-refractivity contribution in [1.82, 2.24) is 9.78 Å². The quantitative estimate of drug-likeness (QED) is 0.888. The van der Waals surface area contributed by atoms with E-state index in [1.807, 2.05) is 29.8 Å². The Hall–Kier alpha value is -1.81. The number of methoxy groups -OCH3 is 1. The van der Waals surface area contributed by atoms with Gasteiger partial charge in [-0.05, 0) is 38.0 Å². The number of hydrogen-bond acceptors (Lipinski definition) is 3. The summed E-state index contributed by atoms with van der Waals surface area (Å²) in [4.78, 5) is 0. The molecule has 4 heteroatoms. The van der Waals surface area contributed by atoms with E-state index in [4.69, 9.17) is 4.74 Å². The lowest BCUT2D eigenvalue weighted by Crippen LogP contribution is -2.09. The van der Waals surface area contributed by atoms with Crippen molar-refractivity contribution in [3.05, 3.63) is 46.8 Å².